The van der Waals surface area contributed by atoms with Crippen molar-refractivity contribution < 1.29 is 13.2 Å². The fourth-order valence-electron chi connectivity index (χ4n) is 3.83. The number of likely N-dealkylation sites (tertiary alicyclic amines) is 1. The zero-order chi connectivity index (χ0) is 16.2. The smallest absolute Gasteiger partial charge is 0.222 e. The van der Waals surface area contributed by atoms with Gasteiger partial charge in [0.1, 0.15) is 0 Å². The number of rotatable bonds is 5. The molecule has 0 atom stereocenters. The summed E-state index contributed by atoms with van der Waals surface area (Å²) in [7, 11) is -3.00. The number of nitrogens with zero attached hydrogens (tertiary/aromatic N) is 1. The molecular weight excluding hydrogens is 298 g/mol. The van der Waals surface area contributed by atoms with Crippen molar-refractivity contribution >= 4 is 15.7 Å². The number of sulfone groups is 1. The van der Waals surface area contributed by atoms with Crippen LogP contribution in [0.3, 0.4) is 0 Å². The molecule has 0 bridgehead atoms. The Kier molecular flexibility index (Phi) is 6.30. The van der Waals surface area contributed by atoms with Crippen molar-refractivity contribution in [2.75, 3.05) is 18.8 Å². The maximum atomic E-state index is 12.4. The monoisotopic (exact) mass is 329 g/mol. The Morgan fingerprint density at radius 3 is 2.18 bits per heavy atom. The summed E-state index contributed by atoms with van der Waals surface area (Å²) in [5.74, 6) is 1.25. The van der Waals surface area contributed by atoms with Gasteiger partial charge in [0.25, 0.3) is 0 Å². The van der Waals surface area contributed by atoms with Gasteiger partial charge in [-0.3, -0.25) is 4.79 Å². The van der Waals surface area contributed by atoms with Crippen LogP contribution in [0.1, 0.15) is 65.2 Å². The average Bonchev–Trinajstić information content (AvgIpc) is 2.47. The second-order valence-electron chi connectivity index (χ2n) is 7.51. The lowest BCUT2D eigenvalue weighted by molar-refractivity contribution is -0.133. The van der Waals surface area contributed by atoms with Gasteiger partial charge in [0, 0.05) is 19.5 Å². The highest BCUT2D eigenvalue weighted by Gasteiger charge is 2.32. The minimum absolute atomic E-state index is 0.177. The first-order valence-electron chi connectivity index (χ1n) is 8.88. The molecule has 2 rings (SSSR count). The van der Waals surface area contributed by atoms with Crippen molar-refractivity contribution in [1.29, 1.82) is 0 Å². The fourth-order valence-corrected chi connectivity index (χ4v) is 5.96. The molecule has 22 heavy (non-hydrogen) atoms. The second-order valence-corrected chi connectivity index (χ2v) is 9.84. The second kappa shape index (κ2) is 7.80. The fraction of sp³-hybridized carbons (Fsp3) is 0.941. The van der Waals surface area contributed by atoms with Crippen molar-refractivity contribution in [2.24, 2.45) is 11.8 Å². The van der Waals surface area contributed by atoms with E-state index in [0.29, 0.717) is 38.3 Å². The normalized spacial score (nSPS) is 22.2. The highest BCUT2D eigenvalue weighted by Crippen LogP contribution is 2.28. The lowest BCUT2D eigenvalue weighted by atomic mass is 9.86. The topological polar surface area (TPSA) is 54.5 Å². The summed E-state index contributed by atoms with van der Waals surface area (Å²) < 4.78 is 24.6. The van der Waals surface area contributed by atoms with Gasteiger partial charge in [-0.05, 0) is 37.5 Å². The zero-order valence-corrected chi connectivity index (χ0v) is 14.9. The molecule has 1 aliphatic heterocycles. The molecular formula is C17H31NO3S. The van der Waals surface area contributed by atoms with E-state index in [0.717, 1.165) is 0 Å². The number of hydrogen-bond acceptors (Lipinski definition) is 3. The maximum absolute atomic E-state index is 12.4. The highest BCUT2D eigenvalue weighted by molar-refractivity contribution is 7.92. The Morgan fingerprint density at radius 1 is 1.05 bits per heavy atom. The van der Waals surface area contributed by atoms with Gasteiger partial charge in [0.05, 0.1) is 11.0 Å². The van der Waals surface area contributed by atoms with E-state index < -0.39 is 9.84 Å². The number of piperidine rings is 1. The van der Waals surface area contributed by atoms with E-state index in [1.807, 2.05) is 18.7 Å². The quantitative estimate of drug-likeness (QED) is 0.779. The Hall–Kier alpha value is -0.580. The van der Waals surface area contributed by atoms with Crippen molar-refractivity contribution in [3.63, 3.8) is 0 Å². The van der Waals surface area contributed by atoms with Crippen LogP contribution in [0.4, 0.5) is 0 Å². The van der Waals surface area contributed by atoms with E-state index in [-0.39, 0.29) is 22.8 Å². The van der Waals surface area contributed by atoms with Crippen molar-refractivity contribution in [3.05, 3.63) is 0 Å². The van der Waals surface area contributed by atoms with Gasteiger partial charge in [-0.25, -0.2) is 8.42 Å². The van der Waals surface area contributed by atoms with Gasteiger partial charge >= 0.3 is 0 Å². The van der Waals surface area contributed by atoms with Crippen LogP contribution in [0.15, 0.2) is 0 Å². The van der Waals surface area contributed by atoms with E-state index in [1.54, 1.807) is 0 Å². The molecule has 4 nitrogen and oxygen atoms in total. The molecule has 5 heteroatoms. The third-order valence-corrected chi connectivity index (χ3v) is 7.67. The number of carbonyl (C=O) groups is 1. The van der Waals surface area contributed by atoms with Crippen LogP contribution in [0.25, 0.3) is 0 Å². The Labute approximate surface area is 135 Å². The van der Waals surface area contributed by atoms with Gasteiger partial charge in [-0.15, -0.1) is 0 Å². The van der Waals surface area contributed by atoms with E-state index in [9.17, 15) is 13.2 Å². The van der Waals surface area contributed by atoms with Gasteiger partial charge in [-0.2, -0.15) is 0 Å². The van der Waals surface area contributed by atoms with Gasteiger partial charge in [0.2, 0.25) is 5.91 Å². The van der Waals surface area contributed by atoms with Crippen LogP contribution in [0, 0.1) is 11.8 Å². The largest absolute Gasteiger partial charge is 0.343 e. The molecule has 0 aromatic rings. The predicted octanol–water partition coefficient (Wildman–Crippen LogP) is 3.02. The number of amides is 1. The number of hydrogen-bond donors (Lipinski definition) is 0. The summed E-state index contributed by atoms with van der Waals surface area (Å²) in [4.78, 5) is 14.3. The lowest BCUT2D eigenvalue weighted by Gasteiger charge is -2.33. The molecule has 0 unspecified atom stereocenters. The molecule has 2 aliphatic rings. The summed E-state index contributed by atoms with van der Waals surface area (Å²) >= 11 is 0. The SMILES string of the molecule is CC(C)CS(=O)(=O)C1CCN(C(=O)CC2CCCCC2)CC1. The molecule has 0 aromatic heterocycles. The van der Waals surface area contributed by atoms with Crippen molar-refractivity contribution in [3.8, 4) is 0 Å². The zero-order valence-electron chi connectivity index (χ0n) is 14.1. The summed E-state index contributed by atoms with van der Waals surface area (Å²) in [6.45, 7) is 5.13. The molecule has 2 fully saturated rings. The van der Waals surface area contributed by atoms with Crippen molar-refractivity contribution in [1.82, 2.24) is 4.90 Å². The molecule has 1 heterocycles. The van der Waals surface area contributed by atoms with Crippen LogP contribution in [0.5, 0.6) is 0 Å². The predicted molar refractivity (Wildman–Crippen MR) is 89.4 cm³/mol. The first-order chi connectivity index (χ1) is 10.4. The molecule has 1 aliphatic carbocycles. The van der Waals surface area contributed by atoms with Crippen LogP contribution in [-0.2, 0) is 14.6 Å². The first kappa shape index (κ1) is 17.8. The summed E-state index contributed by atoms with van der Waals surface area (Å²) in [6, 6.07) is 0. The standard InChI is InChI=1S/C17H31NO3S/c1-14(2)13-22(20,21)16-8-10-18(11-9-16)17(19)12-15-6-4-3-5-7-15/h14-16H,3-13H2,1-2H3. The highest BCUT2D eigenvalue weighted by atomic mass is 32.2. The van der Waals surface area contributed by atoms with Crippen LogP contribution in [-0.4, -0.2) is 43.3 Å². The average molecular weight is 330 g/mol. The third kappa shape index (κ3) is 4.97. The number of carbonyl (C=O) groups excluding carboxylic acids is 1. The summed E-state index contributed by atoms with van der Waals surface area (Å²) in [5.41, 5.74) is 0. The van der Waals surface area contributed by atoms with E-state index in [4.69, 9.17) is 0 Å². The van der Waals surface area contributed by atoms with Crippen LogP contribution in [0.2, 0.25) is 0 Å². The van der Waals surface area contributed by atoms with E-state index in [2.05, 4.69) is 0 Å². The van der Waals surface area contributed by atoms with Crippen LogP contribution < -0.4 is 0 Å². The third-order valence-electron chi connectivity index (χ3n) is 5.06. The van der Waals surface area contributed by atoms with Crippen LogP contribution >= 0.6 is 0 Å². The van der Waals surface area contributed by atoms with Gasteiger partial charge in [-0.1, -0.05) is 33.1 Å². The lowest BCUT2D eigenvalue weighted by Crippen LogP contribution is -2.43. The van der Waals surface area contributed by atoms with Gasteiger partial charge in [0.15, 0.2) is 9.84 Å². The molecule has 0 radical (unpaired) electrons. The molecule has 1 saturated heterocycles. The molecule has 128 valence electrons. The van der Waals surface area contributed by atoms with E-state index in [1.165, 1.54) is 32.1 Å². The molecule has 0 N–H and O–H groups in total. The maximum Gasteiger partial charge on any atom is 0.222 e. The summed E-state index contributed by atoms with van der Waals surface area (Å²) in [5, 5.41) is -0.242. The Balaban J connectivity index is 1.80. The molecule has 0 spiro atoms. The Morgan fingerprint density at radius 2 is 1.64 bits per heavy atom. The first-order valence-corrected chi connectivity index (χ1v) is 10.6. The minimum atomic E-state index is -3.00. The minimum Gasteiger partial charge on any atom is -0.343 e. The molecule has 0 aromatic carbocycles. The van der Waals surface area contributed by atoms with E-state index >= 15 is 0 Å². The van der Waals surface area contributed by atoms with Crippen molar-refractivity contribution in [2.45, 2.75) is 70.5 Å². The molecule has 1 amide bonds. The summed E-state index contributed by atoms with van der Waals surface area (Å²) in [6.07, 6.45) is 8.10. The Bertz CT molecular complexity index is 458. The van der Waals surface area contributed by atoms with Gasteiger partial charge < -0.3 is 4.90 Å². The molecule has 1 saturated carbocycles.